The van der Waals surface area contributed by atoms with Crippen molar-refractivity contribution in [3.63, 3.8) is 0 Å². The summed E-state index contributed by atoms with van der Waals surface area (Å²) >= 11 is 1.25. The molecule has 0 aromatic heterocycles. The first-order valence-corrected chi connectivity index (χ1v) is 13.6. The number of halogens is 3. The van der Waals surface area contributed by atoms with Crippen molar-refractivity contribution >= 4 is 20.0 Å². The summed E-state index contributed by atoms with van der Waals surface area (Å²) in [5.41, 5.74) is 1.25. The van der Waals surface area contributed by atoms with Crippen molar-refractivity contribution in [2.75, 3.05) is 32.1 Å². The Labute approximate surface area is 203 Å². The lowest BCUT2D eigenvalue weighted by molar-refractivity contribution is -0.139. The van der Waals surface area contributed by atoms with Gasteiger partial charge in [-0.05, 0) is 54.8 Å². The summed E-state index contributed by atoms with van der Waals surface area (Å²) in [4.78, 5) is 8.85. The molecule has 10 heteroatoms. The van der Waals surface area contributed by atoms with Gasteiger partial charge in [-0.2, -0.15) is 13.2 Å². The Morgan fingerprint density at radius 1 is 1.12 bits per heavy atom. The van der Waals surface area contributed by atoms with Crippen LogP contribution in [0.5, 0.6) is 0 Å². The average molecular weight is 518 g/mol. The first-order chi connectivity index (χ1) is 16.3. The molecule has 1 saturated heterocycles. The fourth-order valence-corrected chi connectivity index (χ4v) is 5.35. The van der Waals surface area contributed by atoms with E-state index in [1.807, 2.05) is 18.2 Å². The number of hydrogen-bond acceptors (Lipinski definition) is 5. The lowest BCUT2D eigenvalue weighted by Crippen LogP contribution is -2.46. The highest BCUT2D eigenvalue weighted by molar-refractivity contribution is 7.99. The average Bonchev–Trinajstić information content (AvgIpc) is 2.77. The lowest BCUT2D eigenvalue weighted by atomic mass is 9.75. The number of hydrogen-bond donors (Lipinski definition) is 2. The molecule has 3 rings (SSSR count). The predicted octanol–water partition coefficient (Wildman–Crippen LogP) is 5.81. The van der Waals surface area contributed by atoms with Gasteiger partial charge in [0.2, 0.25) is 0 Å². The molecule has 0 amide bonds. The van der Waals surface area contributed by atoms with E-state index >= 15 is 0 Å². The maximum atomic E-state index is 13.7. The molecule has 1 fully saturated rings. The van der Waals surface area contributed by atoms with Gasteiger partial charge >= 0.3 is 14.4 Å². The number of unbranched alkanes of at least 4 members (excludes halogenated alkanes) is 1. The van der Waals surface area contributed by atoms with Gasteiger partial charge in [0.15, 0.2) is 0 Å². The molecule has 0 saturated carbocycles. The molecule has 1 atom stereocenters. The molecule has 1 aliphatic heterocycles. The summed E-state index contributed by atoms with van der Waals surface area (Å²) in [6.45, 7) is 2.29. The Balaban J connectivity index is 1.46. The Morgan fingerprint density at radius 3 is 2.53 bits per heavy atom. The van der Waals surface area contributed by atoms with Gasteiger partial charge in [0, 0.05) is 16.9 Å². The maximum Gasteiger partial charge on any atom is 0.417 e. The summed E-state index contributed by atoms with van der Waals surface area (Å²) < 4.78 is 61.5. The topological polar surface area (TPSA) is 67.8 Å². The first-order valence-electron chi connectivity index (χ1n) is 11.3. The highest BCUT2D eigenvalue weighted by atomic mass is 32.2. The van der Waals surface area contributed by atoms with Crippen LogP contribution in [-0.4, -0.2) is 37.0 Å². The van der Waals surface area contributed by atoms with E-state index in [0.29, 0.717) is 37.5 Å². The molecule has 2 N–H and O–H groups in total. The molecule has 2 aromatic carbocycles. The van der Waals surface area contributed by atoms with E-state index < -0.39 is 20.0 Å². The van der Waals surface area contributed by atoms with E-state index in [0.717, 1.165) is 19.3 Å². The number of ether oxygens (including phenoxy) is 1. The molecule has 5 nitrogen and oxygen atoms in total. The highest BCUT2D eigenvalue weighted by Gasteiger charge is 2.39. The Kier molecular flexibility index (Phi) is 10.5. The Morgan fingerprint density at radius 2 is 1.88 bits per heavy atom. The summed E-state index contributed by atoms with van der Waals surface area (Å²) in [6.07, 6.45) is -1.19. The van der Waals surface area contributed by atoms with Gasteiger partial charge in [-0.15, -0.1) is 11.8 Å². The van der Waals surface area contributed by atoms with Crippen LogP contribution < -0.4 is 5.32 Å². The van der Waals surface area contributed by atoms with Gasteiger partial charge in [0.25, 0.3) is 0 Å². The largest absolute Gasteiger partial charge is 0.417 e. The molecule has 0 aliphatic carbocycles. The van der Waals surface area contributed by atoms with Crippen LogP contribution in [0.2, 0.25) is 0 Å². The van der Waals surface area contributed by atoms with Crippen molar-refractivity contribution in [1.82, 2.24) is 5.32 Å². The number of thioether (sulfide) groups is 1. The van der Waals surface area contributed by atoms with Crippen LogP contribution in [0.15, 0.2) is 53.4 Å². The highest BCUT2D eigenvalue weighted by Crippen LogP contribution is 2.39. The summed E-state index contributed by atoms with van der Waals surface area (Å²) in [5, 5.41) is 3.04. The third kappa shape index (κ3) is 8.11. The molecule has 34 heavy (non-hydrogen) atoms. The van der Waals surface area contributed by atoms with Gasteiger partial charge in [0.1, 0.15) is 0 Å². The third-order valence-corrected chi connectivity index (χ3v) is 7.46. The zero-order valence-electron chi connectivity index (χ0n) is 18.9. The summed E-state index contributed by atoms with van der Waals surface area (Å²) in [7, 11) is -2.94. The van der Waals surface area contributed by atoms with Crippen LogP contribution in [0.4, 0.5) is 13.2 Å². The van der Waals surface area contributed by atoms with E-state index in [1.165, 1.54) is 23.4 Å². The summed E-state index contributed by atoms with van der Waals surface area (Å²) in [6, 6.07) is 14.8. The van der Waals surface area contributed by atoms with E-state index in [-0.39, 0.29) is 23.5 Å². The number of rotatable bonds is 14. The van der Waals surface area contributed by atoms with Gasteiger partial charge < -0.3 is 19.5 Å². The number of nitrogens with one attached hydrogen (secondary N) is 1. The first kappa shape index (κ1) is 27.2. The van der Waals surface area contributed by atoms with Gasteiger partial charge in [-0.3, -0.25) is 4.57 Å². The van der Waals surface area contributed by atoms with Gasteiger partial charge in [-0.25, -0.2) is 0 Å². The van der Waals surface area contributed by atoms with Crippen molar-refractivity contribution < 1.29 is 31.9 Å². The fourth-order valence-electron chi connectivity index (χ4n) is 3.97. The standard InChI is InChI=1S/C24H31F3NO4PS/c25-24(26,27)21-15-19(16-28-12-6-13-32-33(29)30)9-10-22(21)34-14-5-4-11-23(17-31-18-23)20-7-2-1-3-8-20/h1-3,7-10,15,28,33H,4-6,11-14,16-18H2,(H,29,30). The van der Waals surface area contributed by atoms with Crippen molar-refractivity contribution in [2.24, 2.45) is 0 Å². The molecular weight excluding hydrogens is 486 g/mol. The number of alkyl halides is 3. The molecular formula is C24H31F3NO4PS. The third-order valence-electron chi connectivity index (χ3n) is 5.85. The zero-order chi connectivity index (χ0) is 24.4. The fraction of sp³-hybridized carbons (Fsp3) is 0.500. The molecule has 0 spiro atoms. The molecule has 0 bridgehead atoms. The Bertz CT molecular complexity index is 926. The second kappa shape index (κ2) is 13.1. The number of benzene rings is 2. The monoisotopic (exact) mass is 517 g/mol. The van der Waals surface area contributed by atoms with Crippen molar-refractivity contribution in [1.29, 1.82) is 0 Å². The van der Waals surface area contributed by atoms with Crippen LogP contribution in [0.25, 0.3) is 0 Å². The van der Waals surface area contributed by atoms with Crippen LogP contribution >= 0.6 is 20.0 Å². The minimum absolute atomic E-state index is 0.0417. The minimum atomic E-state index is -4.42. The predicted molar refractivity (Wildman–Crippen MR) is 128 cm³/mol. The van der Waals surface area contributed by atoms with Crippen LogP contribution in [0.3, 0.4) is 0 Å². The Hall–Kier alpha value is -1.35. The quantitative estimate of drug-likeness (QED) is 0.187. The normalized spacial score (nSPS) is 16.2. The van der Waals surface area contributed by atoms with Crippen molar-refractivity contribution in [3.8, 4) is 0 Å². The molecule has 188 valence electrons. The van der Waals surface area contributed by atoms with E-state index in [4.69, 9.17) is 9.63 Å². The second-order valence-corrected chi connectivity index (χ2v) is 10.4. The van der Waals surface area contributed by atoms with Gasteiger partial charge in [0.05, 0.1) is 25.4 Å². The van der Waals surface area contributed by atoms with Crippen molar-refractivity contribution in [3.05, 3.63) is 65.2 Å². The maximum absolute atomic E-state index is 13.7. The molecule has 1 heterocycles. The molecule has 1 aliphatic rings. The lowest BCUT2D eigenvalue weighted by Gasteiger charge is -2.42. The molecule has 1 unspecified atom stereocenters. The zero-order valence-corrected chi connectivity index (χ0v) is 20.7. The SMILES string of the molecule is O=[PH](O)OCCCNCc1ccc(SCCCCC2(c3ccccc3)COC2)c(C(F)(F)F)c1. The van der Waals surface area contributed by atoms with E-state index in [9.17, 15) is 17.7 Å². The second-order valence-electron chi connectivity index (χ2n) is 8.42. The van der Waals surface area contributed by atoms with Crippen LogP contribution in [0, 0.1) is 0 Å². The molecule has 0 radical (unpaired) electrons. The van der Waals surface area contributed by atoms with Crippen LogP contribution in [-0.2, 0) is 32.0 Å². The minimum Gasteiger partial charge on any atom is -0.379 e. The van der Waals surface area contributed by atoms with E-state index in [2.05, 4.69) is 22.0 Å². The summed E-state index contributed by atoms with van der Waals surface area (Å²) in [5.74, 6) is 0.625. The van der Waals surface area contributed by atoms with E-state index in [1.54, 1.807) is 12.1 Å². The smallest absolute Gasteiger partial charge is 0.379 e. The van der Waals surface area contributed by atoms with Gasteiger partial charge in [-0.1, -0.05) is 42.8 Å². The van der Waals surface area contributed by atoms with Crippen molar-refractivity contribution in [2.45, 2.75) is 48.7 Å². The van der Waals surface area contributed by atoms with Crippen LogP contribution in [0.1, 0.15) is 42.4 Å². The molecule has 2 aromatic rings.